The quantitative estimate of drug-likeness (QED) is 0.786. The van der Waals surface area contributed by atoms with Gasteiger partial charge in [-0.15, -0.1) is 0 Å². The molecule has 4 nitrogen and oxygen atoms in total. The molecule has 0 radical (unpaired) electrons. The molecule has 0 saturated heterocycles. The summed E-state index contributed by atoms with van der Waals surface area (Å²) in [6.07, 6.45) is 3.90. The SMILES string of the molecule is Cc1cc(Br)cc(CO)c1OCc1cn2ccccc2n1. The second kappa shape index (κ2) is 5.87. The van der Waals surface area contributed by atoms with Gasteiger partial charge in [0.05, 0.1) is 12.3 Å². The molecule has 3 aromatic rings. The summed E-state index contributed by atoms with van der Waals surface area (Å²) in [6.45, 7) is 2.28. The van der Waals surface area contributed by atoms with Crippen LogP contribution in [0.15, 0.2) is 47.2 Å². The van der Waals surface area contributed by atoms with Crippen LogP contribution in [-0.4, -0.2) is 14.5 Å². The van der Waals surface area contributed by atoms with Crippen LogP contribution >= 0.6 is 15.9 Å². The van der Waals surface area contributed by atoms with Gasteiger partial charge in [-0.05, 0) is 36.8 Å². The van der Waals surface area contributed by atoms with E-state index in [1.807, 2.05) is 54.0 Å². The molecule has 0 bridgehead atoms. The minimum atomic E-state index is -0.0548. The number of benzene rings is 1. The molecule has 5 heteroatoms. The fourth-order valence-electron chi connectivity index (χ4n) is 2.33. The van der Waals surface area contributed by atoms with Crippen LogP contribution in [-0.2, 0) is 13.2 Å². The molecule has 0 aliphatic heterocycles. The lowest BCUT2D eigenvalue weighted by Gasteiger charge is -2.12. The van der Waals surface area contributed by atoms with Crippen molar-refractivity contribution in [1.82, 2.24) is 9.38 Å². The molecule has 0 unspecified atom stereocenters. The van der Waals surface area contributed by atoms with Crippen LogP contribution in [0, 0.1) is 6.92 Å². The number of hydrogen-bond acceptors (Lipinski definition) is 3. The molecular weight excluding hydrogens is 332 g/mol. The third-order valence-corrected chi connectivity index (χ3v) is 3.72. The Labute approximate surface area is 131 Å². The second-order valence-electron chi connectivity index (χ2n) is 4.86. The second-order valence-corrected chi connectivity index (χ2v) is 5.77. The van der Waals surface area contributed by atoms with Crippen LogP contribution in [0.25, 0.3) is 5.65 Å². The maximum atomic E-state index is 9.46. The van der Waals surface area contributed by atoms with Gasteiger partial charge in [-0.2, -0.15) is 0 Å². The standard InChI is InChI=1S/C16H15BrN2O2/c1-11-6-13(17)7-12(9-20)16(11)21-10-14-8-19-5-3-2-4-15(19)18-14/h2-8,20H,9-10H2,1H3. The molecule has 0 atom stereocenters. The summed E-state index contributed by atoms with van der Waals surface area (Å²) in [5, 5.41) is 9.46. The van der Waals surface area contributed by atoms with Gasteiger partial charge in [0, 0.05) is 22.4 Å². The monoisotopic (exact) mass is 346 g/mol. The lowest BCUT2D eigenvalue weighted by atomic mass is 10.1. The molecule has 2 heterocycles. The molecule has 21 heavy (non-hydrogen) atoms. The predicted molar refractivity (Wildman–Crippen MR) is 84.3 cm³/mol. The Hall–Kier alpha value is -1.85. The maximum absolute atomic E-state index is 9.46. The highest BCUT2D eigenvalue weighted by Crippen LogP contribution is 2.28. The number of nitrogens with zero attached hydrogens (tertiary/aromatic N) is 2. The topological polar surface area (TPSA) is 46.8 Å². The summed E-state index contributed by atoms with van der Waals surface area (Å²) < 4.78 is 8.77. The van der Waals surface area contributed by atoms with E-state index in [-0.39, 0.29) is 6.61 Å². The molecule has 0 aliphatic carbocycles. The zero-order chi connectivity index (χ0) is 14.8. The molecule has 2 aromatic heterocycles. The Morgan fingerprint density at radius 3 is 2.95 bits per heavy atom. The number of aliphatic hydroxyl groups is 1. The molecule has 0 fully saturated rings. The molecule has 0 aliphatic rings. The Balaban J connectivity index is 1.84. The summed E-state index contributed by atoms with van der Waals surface area (Å²) in [7, 11) is 0. The van der Waals surface area contributed by atoms with E-state index in [0.717, 1.165) is 32.7 Å². The van der Waals surface area contributed by atoms with Crippen molar-refractivity contribution in [1.29, 1.82) is 0 Å². The number of aliphatic hydroxyl groups excluding tert-OH is 1. The smallest absolute Gasteiger partial charge is 0.137 e. The van der Waals surface area contributed by atoms with Crippen molar-refractivity contribution in [2.45, 2.75) is 20.1 Å². The van der Waals surface area contributed by atoms with Crippen LogP contribution in [0.1, 0.15) is 16.8 Å². The number of aryl methyl sites for hydroxylation is 1. The molecule has 0 amide bonds. The first-order valence-electron chi connectivity index (χ1n) is 6.62. The Kier molecular flexibility index (Phi) is 3.94. The minimum absolute atomic E-state index is 0.0548. The van der Waals surface area contributed by atoms with E-state index >= 15 is 0 Å². The predicted octanol–water partition coefficient (Wildman–Crippen LogP) is 3.48. The number of pyridine rings is 1. The van der Waals surface area contributed by atoms with E-state index in [4.69, 9.17) is 4.74 Å². The summed E-state index contributed by atoms with van der Waals surface area (Å²) in [5.41, 5.74) is 3.50. The van der Waals surface area contributed by atoms with E-state index in [0.29, 0.717) is 6.61 Å². The first kappa shape index (κ1) is 14.1. The normalized spacial score (nSPS) is 11.0. The van der Waals surface area contributed by atoms with Crippen molar-refractivity contribution in [3.8, 4) is 5.75 Å². The first-order valence-corrected chi connectivity index (χ1v) is 7.42. The largest absolute Gasteiger partial charge is 0.487 e. The molecule has 3 rings (SSSR count). The third kappa shape index (κ3) is 2.94. The zero-order valence-corrected chi connectivity index (χ0v) is 13.2. The van der Waals surface area contributed by atoms with Gasteiger partial charge in [0.25, 0.3) is 0 Å². The fourth-order valence-corrected chi connectivity index (χ4v) is 2.95. The number of fused-ring (bicyclic) bond motifs is 1. The highest BCUT2D eigenvalue weighted by atomic mass is 79.9. The Morgan fingerprint density at radius 2 is 2.19 bits per heavy atom. The molecule has 1 aromatic carbocycles. The minimum Gasteiger partial charge on any atom is -0.487 e. The van der Waals surface area contributed by atoms with Gasteiger partial charge in [-0.1, -0.05) is 22.0 Å². The summed E-state index contributed by atoms with van der Waals surface area (Å²) in [5.74, 6) is 0.720. The zero-order valence-electron chi connectivity index (χ0n) is 11.6. The number of imidazole rings is 1. The average Bonchev–Trinajstić information content (AvgIpc) is 2.88. The molecule has 1 N–H and O–H groups in total. The Bertz CT molecular complexity index is 750. The van der Waals surface area contributed by atoms with Gasteiger partial charge in [0.1, 0.15) is 18.0 Å². The van der Waals surface area contributed by atoms with Crippen LogP contribution in [0.2, 0.25) is 0 Å². The van der Waals surface area contributed by atoms with E-state index in [9.17, 15) is 5.11 Å². The van der Waals surface area contributed by atoms with Crippen LogP contribution in [0.5, 0.6) is 5.75 Å². The van der Waals surface area contributed by atoms with E-state index < -0.39 is 0 Å². The van der Waals surface area contributed by atoms with Crippen molar-refractivity contribution in [2.75, 3.05) is 0 Å². The van der Waals surface area contributed by atoms with Crippen LogP contribution < -0.4 is 4.74 Å². The van der Waals surface area contributed by atoms with Crippen molar-refractivity contribution < 1.29 is 9.84 Å². The number of halogens is 1. The van der Waals surface area contributed by atoms with E-state index in [2.05, 4.69) is 20.9 Å². The number of ether oxygens (including phenoxy) is 1. The molecule has 0 saturated carbocycles. The van der Waals surface area contributed by atoms with Gasteiger partial charge >= 0.3 is 0 Å². The van der Waals surface area contributed by atoms with Gasteiger partial charge in [0.15, 0.2) is 0 Å². The summed E-state index contributed by atoms with van der Waals surface area (Å²) in [4.78, 5) is 4.50. The van der Waals surface area contributed by atoms with Crippen molar-refractivity contribution in [3.63, 3.8) is 0 Å². The van der Waals surface area contributed by atoms with Crippen molar-refractivity contribution in [3.05, 3.63) is 64.0 Å². The van der Waals surface area contributed by atoms with E-state index in [1.165, 1.54) is 0 Å². The highest BCUT2D eigenvalue weighted by Gasteiger charge is 2.10. The van der Waals surface area contributed by atoms with E-state index in [1.54, 1.807) is 0 Å². The highest BCUT2D eigenvalue weighted by molar-refractivity contribution is 9.10. The van der Waals surface area contributed by atoms with Gasteiger partial charge in [-0.25, -0.2) is 4.98 Å². The van der Waals surface area contributed by atoms with Crippen molar-refractivity contribution >= 4 is 21.6 Å². The average molecular weight is 347 g/mol. The number of hydrogen-bond donors (Lipinski definition) is 1. The van der Waals surface area contributed by atoms with Crippen LogP contribution in [0.3, 0.4) is 0 Å². The fraction of sp³-hybridized carbons (Fsp3) is 0.188. The Morgan fingerprint density at radius 1 is 1.33 bits per heavy atom. The number of aromatic nitrogens is 2. The molecule has 0 spiro atoms. The van der Waals surface area contributed by atoms with Crippen molar-refractivity contribution in [2.24, 2.45) is 0 Å². The van der Waals surface area contributed by atoms with Gasteiger partial charge < -0.3 is 14.2 Å². The first-order chi connectivity index (χ1) is 10.2. The maximum Gasteiger partial charge on any atom is 0.137 e. The molecular formula is C16H15BrN2O2. The third-order valence-electron chi connectivity index (χ3n) is 3.26. The lowest BCUT2D eigenvalue weighted by Crippen LogP contribution is -2.01. The van der Waals surface area contributed by atoms with Crippen LogP contribution in [0.4, 0.5) is 0 Å². The summed E-state index contributed by atoms with van der Waals surface area (Å²) >= 11 is 3.42. The lowest BCUT2D eigenvalue weighted by molar-refractivity contribution is 0.256. The molecule has 108 valence electrons. The van der Waals surface area contributed by atoms with Gasteiger partial charge in [-0.3, -0.25) is 0 Å². The summed E-state index contributed by atoms with van der Waals surface area (Å²) in [6, 6.07) is 9.70. The van der Waals surface area contributed by atoms with Gasteiger partial charge in [0.2, 0.25) is 0 Å². The number of rotatable bonds is 4.